The van der Waals surface area contributed by atoms with Crippen LogP contribution in [-0.2, 0) is 0 Å². The number of nitrogens with zero attached hydrogens (tertiary/aromatic N) is 5. The van der Waals surface area contributed by atoms with Crippen molar-refractivity contribution in [2.75, 3.05) is 25.4 Å². The van der Waals surface area contributed by atoms with Crippen LogP contribution in [0.15, 0.2) is 41.6 Å². The van der Waals surface area contributed by atoms with E-state index in [1.165, 1.54) is 30.4 Å². The summed E-state index contributed by atoms with van der Waals surface area (Å²) < 4.78 is 1.69. The lowest BCUT2D eigenvalue weighted by molar-refractivity contribution is 0.0940. The van der Waals surface area contributed by atoms with Gasteiger partial charge in [0.1, 0.15) is 27.1 Å². The van der Waals surface area contributed by atoms with Gasteiger partial charge < -0.3 is 16.0 Å². The second-order valence-corrected chi connectivity index (χ2v) is 10.8. The van der Waals surface area contributed by atoms with Gasteiger partial charge in [-0.05, 0) is 51.4 Å². The number of carbonyl (C=O) groups excluding carboxylic acids is 1. The van der Waals surface area contributed by atoms with Crippen molar-refractivity contribution < 1.29 is 4.79 Å². The van der Waals surface area contributed by atoms with Crippen LogP contribution in [0.2, 0.25) is 0 Å². The molecule has 0 aromatic carbocycles. The van der Waals surface area contributed by atoms with Crippen molar-refractivity contribution in [3.63, 3.8) is 0 Å². The van der Waals surface area contributed by atoms with Crippen molar-refractivity contribution in [2.24, 2.45) is 0 Å². The lowest BCUT2D eigenvalue weighted by atomic mass is 10.0. The number of carbonyl (C=O) groups is 1. The third kappa shape index (κ3) is 3.80. The van der Waals surface area contributed by atoms with Gasteiger partial charge in [-0.3, -0.25) is 19.5 Å². The first-order valence-electron chi connectivity index (χ1n) is 11.9. The largest absolute Gasteiger partial charge is 0.384 e. The van der Waals surface area contributed by atoms with Crippen LogP contribution in [0.1, 0.15) is 37.0 Å². The topological polar surface area (TPSA) is 134 Å². The van der Waals surface area contributed by atoms with E-state index in [-0.39, 0.29) is 17.0 Å². The van der Waals surface area contributed by atoms with Gasteiger partial charge in [-0.2, -0.15) is 5.10 Å². The van der Waals surface area contributed by atoms with Gasteiger partial charge in [0.15, 0.2) is 0 Å². The van der Waals surface area contributed by atoms with Crippen molar-refractivity contribution in [3.05, 3.63) is 52.7 Å². The summed E-state index contributed by atoms with van der Waals surface area (Å²) in [5, 5.41) is 8.09. The highest BCUT2D eigenvalue weighted by Gasteiger charge is 2.31. The van der Waals surface area contributed by atoms with E-state index in [4.69, 9.17) is 5.73 Å². The fourth-order valence-electron chi connectivity index (χ4n) is 4.94. The lowest BCUT2D eigenvalue weighted by Gasteiger charge is -2.31. The Morgan fingerprint density at radius 2 is 2.11 bits per heavy atom. The molecule has 184 valence electrons. The van der Waals surface area contributed by atoms with E-state index in [1.54, 1.807) is 22.8 Å². The molecule has 6 rings (SSSR count). The van der Waals surface area contributed by atoms with E-state index in [0.29, 0.717) is 44.7 Å². The zero-order chi connectivity index (χ0) is 25.0. The molecule has 0 radical (unpaired) electrons. The van der Waals surface area contributed by atoms with Gasteiger partial charge in [-0.1, -0.05) is 0 Å². The number of amides is 1. The van der Waals surface area contributed by atoms with Crippen molar-refractivity contribution in [2.45, 2.75) is 32.2 Å². The molecule has 10 nitrogen and oxygen atoms in total. The summed E-state index contributed by atoms with van der Waals surface area (Å²) in [4.78, 5) is 41.4. The number of aromatic amines is 1. The maximum atomic E-state index is 13.1. The Kier molecular flexibility index (Phi) is 5.27. The molecule has 6 heterocycles. The molecule has 5 aromatic heterocycles. The highest BCUT2D eigenvalue weighted by Crippen LogP contribution is 2.33. The van der Waals surface area contributed by atoms with Crippen LogP contribution in [0.3, 0.4) is 0 Å². The quantitative estimate of drug-likeness (QED) is 0.336. The fraction of sp³-hybridized carbons (Fsp3) is 0.320. The number of likely N-dealkylation sites (tertiary alicyclic amines) is 1. The molecule has 0 atom stereocenters. The Morgan fingerprint density at radius 1 is 1.25 bits per heavy atom. The number of H-pyrrole nitrogens is 1. The molecule has 1 amide bonds. The number of hydrogen-bond donors (Lipinski definition) is 3. The Morgan fingerprint density at radius 3 is 2.86 bits per heavy atom. The van der Waals surface area contributed by atoms with Crippen LogP contribution in [0.25, 0.3) is 37.2 Å². The standard InChI is InChI=1S/C25H26N8O2S/c1-25(2)6-3-8-32(25)9-7-27-22(34)15-10-16-20(29-12-15)21-19(23(35)30-16)24-33(31-21)13-17(36-24)14-4-5-18(26)28-11-14/h4-5,10-13H,3,6-9H2,1-2H3,(H2,26,28)(H,27,34)(H,30,35). The highest BCUT2D eigenvalue weighted by molar-refractivity contribution is 7.21. The first-order valence-corrected chi connectivity index (χ1v) is 12.7. The predicted molar refractivity (Wildman–Crippen MR) is 141 cm³/mol. The molecule has 0 saturated carbocycles. The van der Waals surface area contributed by atoms with E-state index < -0.39 is 0 Å². The number of pyridine rings is 3. The van der Waals surface area contributed by atoms with E-state index >= 15 is 0 Å². The second kappa shape index (κ2) is 8.38. The zero-order valence-electron chi connectivity index (χ0n) is 20.0. The Balaban J connectivity index is 1.28. The summed E-state index contributed by atoms with van der Waals surface area (Å²) >= 11 is 1.45. The van der Waals surface area contributed by atoms with E-state index in [2.05, 4.69) is 44.1 Å². The molecule has 0 unspecified atom stereocenters. The monoisotopic (exact) mass is 502 g/mol. The fourth-order valence-corrected chi connectivity index (χ4v) is 6.02. The molecule has 0 aliphatic carbocycles. The Bertz CT molecular complexity index is 1680. The smallest absolute Gasteiger partial charge is 0.261 e. The van der Waals surface area contributed by atoms with Gasteiger partial charge in [0.25, 0.3) is 11.5 Å². The minimum Gasteiger partial charge on any atom is -0.384 e. The van der Waals surface area contributed by atoms with Crippen molar-refractivity contribution >= 4 is 49.8 Å². The number of thiazole rings is 1. The van der Waals surface area contributed by atoms with Gasteiger partial charge in [0, 0.05) is 42.8 Å². The number of hydrogen-bond acceptors (Lipinski definition) is 8. The van der Waals surface area contributed by atoms with Crippen LogP contribution in [0.4, 0.5) is 5.82 Å². The third-order valence-corrected chi connectivity index (χ3v) is 8.12. The molecule has 36 heavy (non-hydrogen) atoms. The number of fused-ring (bicyclic) bond motifs is 5. The first-order chi connectivity index (χ1) is 17.3. The molecular formula is C25H26N8O2S. The Labute approximate surface area is 210 Å². The molecule has 1 aliphatic rings. The molecule has 0 bridgehead atoms. The van der Waals surface area contributed by atoms with Crippen molar-refractivity contribution in [1.29, 1.82) is 0 Å². The van der Waals surface area contributed by atoms with Gasteiger partial charge in [-0.25, -0.2) is 9.50 Å². The second-order valence-electron chi connectivity index (χ2n) is 9.77. The highest BCUT2D eigenvalue weighted by atomic mass is 32.1. The number of nitrogens with one attached hydrogen (secondary N) is 2. The van der Waals surface area contributed by atoms with Crippen molar-refractivity contribution in [1.82, 2.24) is 34.8 Å². The van der Waals surface area contributed by atoms with Crippen LogP contribution >= 0.6 is 11.3 Å². The minimum absolute atomic E-state index is 0.172. The van der Waals surface area contributed by atoms with Gasteiger partial charge in [-0.15, -0.1) is 11.3 Å². The first kappa shape index (κ1) is 22.6. The van der Waals surface area contributed by atoms with E-state index in [1.807, 2.05) is 12.3 Å². The van der Waals surface area contributed by atoms with Crippen LogP contribution in [-0.4, -0.2) is 60.5 Å². The summed E-state index contributed by atoms with van der Waals surface area (Å²) in [6.07, 6.45) is 7.45. The summed E-state index contributed by atoms with van der Waals surface area (Å²) in [7, 11) is 0. The molecule has 4 N–H and O–H groups in total. The Hall–Kier alpha value is -3.83. The average molecular weight is 503 g/mol. The SMILES string of the molecule is CC1(C)CCCN1CCNC(=O)c1cnc2c(c1)[nH]c(=O)c1c2nn2cc(-c3ccc(N)nc3)sc12. The van der Waals surface area contributed by atoms with Crippen LogP contribution in [0.5, 0.6) is 0 Å². The number of nitrogens with two attached hydrogens (primary N) is 1. The zero-order valence-corrected chi connectivity index (χ0v) is 20.9. The van der Waals surface area contributed by atoms with Gasteiger partial charge in [0.05, 0.1) is 16.0 Å². The minimum atomic E-state index is -0.271. The third-order valence-electron chi connectivity index (χ3n) is 6.97. The van der Waals surface area contributed by atoms with E-state index in [0.717, 1.165) is 23.5 Å². The molecule has 5 aromatic rings. The van der Waals surface area contributed by atoms with Gasteiger partial charge in [0.2, 0.25) is 0 Å². The van der Waals surface area contributed by atoms with E-state index in [9.17, 15) is 9.59 Å². The molecular weight excluding hydrogens is 476 g/mol. The summed E-state index contributed by atoms with van der Waals surface area (Å²) in [5.74, 6) is 0.234. The van der Waals surface area contributed by atoms with Gasteiger partial charge >= 0.3 is 0 Å². The molecule has 1 aliphatic heterocycles. The van der Waals surface area contributed by atoms with Crippen LogP contribution in [0, 0.1) is 0 Å². The maximum Gasteiger partial charge on any atom is 0.261 e. The lowest BCUT2D eigenvalue weighted by Crippen LogP contribution is -2.43. The summed E-state index contributed by atoms with van der Waals surface area (Å²) in [6.45, 7) is 6.89. The van der Waals surface area contributed by atoms with Crippen LogP contribution < -0.4 is 16.6 Å². The maximum absolute atomic E-state index is 13.1. The molecule has 11 heteroatoms. The number of aromatic nitrogens is 5. The normalized spacial score (nSPS) is 15.8. The number of rotatable bonds is 5. The molecule has 1 fully saturated rings. The number of nitrogen functional groups attached to an aromatic ring is 1. The van der Waals surface area contributed by atoms with Crippen molar-refractivity contribution in [3.8, 4) is 10.4 Å². The molecule has 0 spiro atoms. The average Bonchev–Trinajstić information content (AvgIpc) is 3.51. The predicted octanol–water partition coefficient (Wildman–Crippen LogP) is 3.03. The number of anilines is 1. The summed E-state index contributed by atoms with van der Waals surface area (Å²) in [6, 6.07) is 5.29. The summed E-state index contributed by atoms with van der Waals surface area (Å²) in [5.41, 5.74) is 8.42. The molecule has 1 saturated heterocycles.